The van der Waals surface area contributed by atoms with E-state index >= 15 is 0 Å². The molecule has 0 bridgehead atoms. The molecule has 1 atom stereocenters. The van der Waals surface area contributed by atoms with E-state index in [2.05, 4.69) is 19.4 Å². The standard InChI is InChI=1S/C27H40O2/c1-4-7-8-9-10-11-12-13-14-15-16-17-18-19-27(28)29-26(6-3)25-22-20-24(5-2)21-23-25/h3,5,20-23,26H,2,4,7-19H2,1H3. The van der Waals surface area contributed by atoms with E-state index in [0.717, 1.165) is 24.0 Å². The van der Waals surface area contributed by atoms with E-state index in [4.69, 9.17) is 11.2 Å². The number of hydrogen-bond donors (Lipinski definition) is 0. The van der Waals surface area contributed by atoms with Crippen molar-refractivity contribution in [3.8, 4) is 12.3 Å². The smallest absolute Gasteiger partial charge is 0.307 e. The fourth-order valence-electron chi connectivity index (χ4n) is 3.48. The molecule has 0 aliphatic rings. The van der Waals surface area contributed by atoms with E-state index in [0.29, 0.717) is 6.42 Å². The topological polar surface area (TPSA) is 26.3 Å². The second-order valence-electron chi connectivity index (χ2n) is 7.90. The summed E-state index contributed by atoms with van der Waals surface area (Å²) >= 11 is 0. The van der Waals surface area contributed by atoms with Crippen molar-refractivity contribution in [2.45, 2.75) is 103 Å². The number of carbonyl (C=O) groups is 1. The van der Waals surface area contributed by atoms with E-state index in [1.54, 1.807) is 6.08 Å². The van der Waals surface area contributed by atoms with Crippen molar-refractivity contribution >= 4 is 12.0 Å². The molecule has 0 saturated heterocycles. The minimum Gasteiger partial charge on any atom is -0.444 e. The molecule has 0 heterocycles. The first kappa shape index (κ1) is 25.0. The van der Waals surface area contributed by atoms with Crippen LogP contribution in [0, 0.1) is 12.3 Å². The molecule has 1 unspecified atom stereocenters. The van der Waals surface area contributed by atoms with Gasteiger partial charge in [0.1, 0.15) is 0 Å². The van der Waals surface area contributed by atoms with Gasteiger partial charge in [0.2, 0.25) is 0 Å². The second kappa shape index (κ2) is 16.9. The van der Waals surface area contributed by atoms with E-state index in [1.165, 1.54) is 70.6 Å². The van der Waals surface area contributed by atoms with Crippen LogP contribution in [0.15, 0.2) is 30.8 Å². The van der Waals surface area contributed by atoms with Crippen molar-refractivity contribution in [1.29, 1.82) is 0 Å². The number of ether oxygens (including phenoxy) is 1. The molecule has 0 amide bonds. The first-order valence-electron chi connectivity index (χ1n) is 11.6. The predicted octanol–water partition coefficient (Wildman–Crippen LogP) is 8.03. The minimum absolute atomic E-state index is 0.205. The third-order valence-corrected chi connectivity index (χ3v) is 5.36. The van der Waals surface area contributed by atoms with E-state index in [9.17, 15) is 4.79 Å². The SMILES string of the molecule is C#CC(OC(=O)CCCCCCCCCCCCCCC)c1ccc(C=C)cc1. The van der Waals surface area contributed by atoms with Gasteiger partial charge in [-0.05, 0) is 12.0 Å². The summed E-state index contributed by atoms with van der Waals surface area (Å²) < 4.78 is 5.47. The van der Waals surface area contributed by atoms with Crippen LogP contribution in [0.4, 0.5) is 0 Å². The maximum Gasteiger partial charge on any atom is 0.307 e. The van der Waals surface area contributed by atoms with Crippen molar-refractivity contribution < 1.29 is 9.53 Å². The van der Waals surface area contributed by atoms with Crippen LogP contribution in [-0.4, -0.2) is 5.97 Å². The Morgan fingerprint density at radius 2 is 1.41 bits per heavy atom. The zero-order valence-corrected chi connectivity index (χ0v) is 18.5. The number of hydrogen-bond acceptors (Lipinski definition) is 2. The summed E-state index contributed by atoms with van der Waals surface area (Å²) in [5.41, 5.74) is 1.85. The summed E-state index contributed by atoms with van der Waals surface area (Å²) in [7, 11) is 0. The lowest BCUT2D eigenvalue weighted by atomic mass is 10.0. The monoisotopic (exact) mass is 396 g/mol. The zero-order chi connectivity index (χ0) is 21.2. The van der Waals surface area contributed by atoms with Gasteiger partial charge in [0.25, 0.3) is 0 Å². The molecule has 0 aliphatic carbocycles. The lowest BCUT2D eigenvalue weighted by Gasteiger charge is -2.13. The maximum absolute atomic E-state index is 12.1. The highest BCUT2D eigenvalue weighted by atomic mass is 16.5. The van der Waals surface area contributed by atoms with E-state index in [1.807, 2.05) is 24.3 Å². The molecule has 2 nitrogen and oxygen atoms in total. The Labute approximate surface area is 179 Å². The maximum atomic E-state index is 12.1. The van der Waals surface area contributed by atoms with Gasteiger partial charge in [-0.1, -0.05) is 127 Å². The Balaban J connectivity index is 2.03. The Morgan fingerprint density at radius 3 is 1.86 bits per heavy atom. The molecule has 1 aromatic carbocycles. The first-order chi connectivity index (χ1) is 14.2. The van der Waals surface area contributed by atoms with Gasteiger partial charge in [0.15, 0.2) is 6.10 Å². The summed E-state index contributed by atoms with van der Waals surface area (Å²) in [6, 6.07) is 7.63. The van der Waals surface area contributed by atoms with Crippen LogP contribution < -0.4 is 0 Å². The van der Waals surface area contributed by atoms with Crippen molar-refractivity contribution in [1.82, 2.24) is 0 Å². The molecule has 1 rings (SSSR count). The molecule has 160 valence electrons. The van der Waals surface area contributed by atoms with E-state index in [-0.39, 0.29) is 5.97 Å². The molecule has 0 saturated carbocycles. The van der Waals surface area contributed by atoms with Crippen LogP contribution in [0.25, 0.3) is 6.08 Å². The Kier molecular flexibility index (Phi) is 14.6. The quantitative estimate of drug-likeness (QED) is 0.151. The molecule has 0 spiro atoms. The summed E-state index contributed by atoms with van der Waals surface area (Å²) in [6.07, 6.45) is 24.0. The molecule has 0 N–H and O–H groups in total. The fourth-order valence-corrected chi connectivity index (χ4v) is 3.48. The Morgan fingerprint density at radius 1 is 0.931 bits per heavy atom. The molecule has 0 fully saturated rings. The molecule has 29 heavy (non-hydrogen) atoms. The van der Waals surface area contributed by atoms with Crippen LogP contribution in [0.5, 0.6) is 0 Å². The molecule has 1 aromatic rings. The molecule has 0 radical (unpaired) electrons. The zero-order valence-electron chi connectivity index (χ0n) is 18.5. The van der Waals surface area contributed by atoms with Gasteiger partial charge in [0.05, 0.1) is 0 Å². The number of unbranched alkanes of at least 4 members (excludes halogenated alkanes) is 12. The van der Waals surface area contributed by atoms with Crippen molar-refractivity contribution in [3.05, 3.63) is 42.0 Å². The highest BCUT2D eigenvalue weighted by Gasteiger charge is 2.13. The van der Waals surface area contributed by atoms with Crippen LogP contribution in [0.3, 0.4) is 0 Å². The summed E-state index contributed by atoms with van der Waals surface area (Å²) in [4.78, 5) is 12.1. The summed E-state index contributed by atoms with van der Waals surface area (Å²) in [6.45, 7) is 6.00. The van der Waals surface area contributed by atoms with Crippen molar-refractivity contribution in [3.63, 3.8) is 0 Å². The summed E-state index contributed by atoms with van der Waals surface area (Å²) in [5, 5.41) is 0. The van der Waals surface area contributed by atoms with Gasteiger partial charge in [-0.3, -0.25) is 4.79 Å². The molecular weight excluding hydrogens is 356 g/mol. The average molecular weight is 397 g/mol. The van der Waals surface area contributed by atoms with Crippen LogP contribution in [0.1, 0.15) is 114 Å². The highest BCUT2D eigenvalue weighted by molar-refractivity contribution is 5.70. The third kappa shape index (κ3) is 12.2. The molecule has 2 heteroatoms. The van der Waals surface area contributed by atoms with E-state index < -0.39 is 6.10 Å². The number of benzene rings is 1. The van der Waals surface area contributed by atoms with Gasteiger partial charge in [0, 0.05) is 12.0 Å². The predicted molar refractivity (Wildman–Crippen MR) is 125 cm³/mol. The van der Waals surface area contributed by atoms with Crippen LogP contribution in [0.2, 0.25) is 0 Å². The van der Waals surface area contributed by atoms with Gasteiger partial charge in [-0.2, -0.15) is 0 Å². The van der Waals surface area contributed by atoms with Gasteiger partial charge >= 0.3 is 5.97 Å². The lowest BCUT2D eigenvalue weighted by Crippen LogP contribution is -2.10. The van der Waals surface area contributed by atoms with Crippen molar-refractivity contribution in [2.24, 2.45) is 0 Å². The van der Waals surface area contributed by atoms with Crippen LogP contribution >= 0.6 is 0 Å². The molecule has 0 aromatic heterocycles. The number of carbonyl (C=O) groups excluding carboxylic acids is 1. The summed E-state index contributed by atoms with van der Waals surface area (Å²) in [5.74, 6) is 2.36. The lowest BCUT2D eigenvalue weighted by molar-refractivity contribution is -0.146. The largest absolute Gasteiger partial charge is 0.444 e. The first-order valence-corrected chi connectivity index (χ1v) is 11.6. The van der Waals surface area contributed by atoms with Gasteiger partial charge in [-0.15, -0.1) is 6.42 Å². The minimum atomic E-state index is -0.608. The average Bonchev–Trinajstić information content (AvgIpc) is 2.75. The van der Waals surface area contributed by atoms with Gasteiger partial charge in [-0.25, -0.2) is 0 Å². The Bertz CT molecular complexity index is 594. The number of terminal acetylenes is 1. The fraction of sp³-hybridized carbons (Fsp3) is 0.593. The molecular formula is C27H40O2. The van der Waals surface area contributed by atoms with Crippen molar-refractivity contribution in [2.75, 3.05) is 0 Å². The highest BCUT2D eigenvalue weighted by Crippen LogP contribution is 2.19. The molecule has 0 aliphatic heterocycles. The Hall–Kier alpha value is -2.01. The van der Waals surface area contributed by atoms with Crippen LogP contribution in [-0.2, 0) is 9.53 Å². The normalized spacial score (nSPS) is 11.6. The second-order valence-corrected chi connectivity index (χ2v) is 7.90. The third-order valence-electron chi connectivity index (χ3n) is 5.36. The van der Waals surface area contributed by atoms with Gasteiger partial charge < -0.3 is 4.74 Å². The number of esters is 1. The number of rotatable bonds is 17.